The quantitative estimate of drug-likeness (QED) is 0.431. The maximum atomic E-state index is 12.4. The fraction of sp³-hybridized carbons (Fsp3) is 0.300. The zero-order chi connectivity index (χ0) is 21.6. The summed E-state index contributed by atoms with van der Waals surface area (Å²) >= 11 is 0. The summed E-state index contributed by atoms with van der Waals surface area (Å²) in [5.41, 5.74) is 14.2. The molecular weight excluding hydrogens is 386 g/mol. The van der Waals surface area contributed by atoms with Gasteiger partial charge in [-0.1, -0.05) is 6.07 Å². The van der Waals surface area contributed by atoms with Gasteiger partial charge in [-0.15, -0.1) is 0 Å². The third-order valence-corrected chi connectivity index (χ3v) is 5.43. The van der Waals surface area contributed by atoms with Gasteiger partial charge in [-0.3, -0.25) is 19.5 Å². The standard InChI is InChI=1S/C20H23N7O3/c1-9-5-6-13(28)10(2)15(9)27-16(21)14(17(22)29)11-8-24-20(25-18(11)27)26-19(30)12-4-3-7-23-12/h5-6,8,12,23,28H,3-4,7,21H2,1-2H3,(H2,22,29)(H,24,25,26,30)/t12-/m0/s1. The Balaban J connectivity index is 1.91. The molecule has 0 saturated carbocycles. The van der Waals surface area contributed by atoms with Crippen LogP contribution in [-0.2, 0) is 4.79 Å². The average molecular weight is 409 g/mol. The lowest BCUT2D eigenvalue weighted by molar-refractivity contribution is -0.117. The van der Waals surface area contributed by atoms with E-state index in [1.807, 2.05) is 6.92 Å². The van der Waals surface area contributed by atoms with Gasteiger partial charge in [-0.2, -0.15) is 4.98 Å². The number of nitrogens with two attached hydrogens (primary N) is 2. The fourth-order valence-electron chi connectivity index (χ4n) is 3.90. The summed E-state index contributed by atoms with van der Waals surface area (Å²) in [6.45, 7) is 4.38. The van der Waals surface area contributed by atoms with Gasteiger partial charge in [0.05, 0.1) is 22.7 Å². The highest BCUT2D eigenvalue weighted by molar-refractivity contribution is 6.11. The summed E-state index contributed by atoms with van der Waals surface area (Å²) in [6, 6.07) is 3.03. The van der Waals surface area contributed by atoms with Gasteiger partial charge in [-0.25, -0.2) is 4.98 Å². The number of carbonyl (C=O) groups excluding carboxylic acids is 2. The second kappa shape index (κ2) is 7.30. The molecule has 156 valence electrons. The third-order valence-electron chi connectivity index (χ3n) is 5.43. The highest BCUT2D eigenvalue weighted by atomic mass is 16.3. The van der Waals surface area contributed by atoms with Gasteiger partial charge in [-0.05, 0) is 44.9 Å². The zero-order valence-electron chi connectivity index (χ0n) is 16.7. The Labute approximate surface area is 172 Å². The predicted molar refractivity (Wildman–Crippen MR) is 113 cm³/mol. The van der Waals surface area contributed by atoms with Crippen LogP contribution in [-0.4, -0.2) is 44.0 Å². The number of amides is 2. The highest BCUT2D eigenvalue weighted by Crippen LogP contribution is 2.35. The molecule has 1 aliphatic heterocycles. The number of hydrogen-bond acceptors (Lipinski definition) is 7. The predicted octanol–water partition coefficient (Wildman–Crippen LogP) is 1.11. The van der Waals surface area contributed by atoms with Gasteiger partial charge < -0.3 is 21.9 Å². The van der Waals surface area contributed by atoms with Crippen LogP contribution in [0.3, 0.4) is 0 Å². The molecule has 1 aliphatic rings. The summed E-state index contributed by atoms with van der Waals surface area (Å²) < 4.78 is 1.56. The smallest absolute Gasteiger partial charge is 0.253 e. The molecular formula is C20H23N7O3. The number of aromatic nitrogens is 3. The van der Waals surface area contributed by atoms with Crippen molar-refractivity contribution < 1.29 is 14.7 Å². The van der Waals surface area contributed by atoms with E-state index in [9.17, 15) is 14.7 Å². The number of nitrogens with one attached hydrogen (secondary N) is 2. The van der Waals surface area contributed by atoms with Crippen molar-refractivity contribution in [2.24, 2.45) is 5.73 Å². The summed E-state index contributed by atoms with van der Waals surface area (Å²) in [4.78, 5) is 33.2. The van der Waals surface area contributed by atoms with Crippen molar-refractivity contribution in [2.45, 2.75) is 32.7 Å². The van der Waals surface area contributed by atoms with E-state index >= 15 is 0 Å². The molecule has 0 unspecified atom stereocenters. The normalized spacial score (nSPS) is 16.1. The summed E-state index contributed by atoms with van der Waals surface area (Å²) in [6.07, 6.45) is 3.08. The van der Waals surface area contributed by atoms with E-state index in [-0.39, 0.29) is 35.0 Å². The molecule has 1 aromatic carbocycles. The fourth-order valence-corrected chi connectivity index (χ4v) is 3.90. The number of phenolic OH excluding ortho intramolecular Hbond substituents is 1. The van der Waals surface area contributed by atoms with E-state index in [2.05, 4.69) is 20.6 Å². The van der Waals surface area contributed by atoms with Crippen LogP contribution in [0.2, 0.25) is 0 Å². The number of aryl methyl sites for hydroxylation is 1. The molecule has 3 aromatic rings. The first-order valence-electron chi connectivity index (χ1n) is 9.60. The highest BCUT2D eigenvalue weighted by Gasteiger charge is 2.26. The van der Waals surface area contributed by atoms with Gasteiger partial charge in [0.15, 0.2) is 5.65 Å². The van der Waals surface area contributed by atoms with Gasteiger partial charge in [0, 0.05) is 11.8 Å². The molecule has 30 heavy (non-hydrogen) atoms. The minimum absolute atomic E-state index is 0.0763. The molecule has 10 heteroatoms. The van der Waals surface area contributed by atoms with Crippen molar-refractivity contribution in [3.05, 3.63) is 35.0 Å². The second-order valence-corrected chi connectivity index (χ2v) is 7.40. The van der Waals surface area contributed by atoms with Crippen LogP contribution in [0.25, 0.3) is 16.7 Å². The Kier molecular flexibility index (Phi) is 4.78. The number of benzene rings is 1. The number of anilines is 2. The molecule has 2 aromatic heterocycles. The first-order valence-corrected chi connectivity index (χ1v) is 9.60. The third kappa shape index (κ3) is 3.11. The van der Waals surface area contributed by atoms with E-state index in [4.69, 9.17) is 11.5 Å². The monoisotopic (exact) mass is 409 g/mol. The molecule has 0 spiro atoms. The van der Waals surface area contributed by atoms with Crippen LogP contribution in [0.1, 0.15) is 34.3 Å². The van der Waals surface area contributed by atoms with Crippen LogP contribution < -0.4 is 22.1 Å². The van der Waals surface area contributed by atoms with Crippen molar-refractivity contribution in [1.82, 2.24) is 19.9 Å². The van der Waals surface area contributed by atoms with Gasteiger partial charge >= 0.3 is 0 Å². The number of nitrogens with zero attached hydrogens (tertiary/aromatic N) is 3. The lowest BCUT2D eigenvalue weighted by atomic mass is 10.1. The van der Waals surface area contributed by atoms with Crippen molar-refractivity contribution >= 4 is 34.6 Å². The number of hydrogen-bond donors (Lipinski definition) is 5. The maximum absolute atomic E-state index is 12.4. The van der Waals surface area contributed by atoms with E-state index in [0.29, 0.717) is 22.3 Å². The number of primary amides is 1. The first kappa shape index (κ1) is 19.6. The molecule has 0 aliphatic carbocycles. The van der Waals surface area contributed by atoms with Crippen molar-refractivity contribution in [3.8, 4) is 11.4 Å². The number of aromatic hydroxyl groups is 1. The van der Waals surface area contributed by atoms with Crippen LogP contribution in [0, 0.1) is 13.8 Å². The van der Waals surface area contributed by atoms with E-state index in [1.54, 1.807) is 23.6 Å². The van der Waals surface area contributed by atoms with Crippen LogP contribution in [0.15, 0.2) is 18.3 Å². The van der Waals surface area contributed by atoms with Gasteiger partial charge in [0.2, 0.25) is 11.9 Å². The first-order chi connectivity index (χ1) is 14.3. The Bertz CT molecular complexity index is 1180. The number of fused-ring (bicyclic) bond motifs is 1. The minimum Gasteiger partial charge on any atom is -0.508 e. The molecule has 1 saturated heterocycles. The number of carbonyl (C=O) groups is 2. The SMILES string of the molecule is Cc1ccc(O)c(C)c1-n1c(N)c(C(N)=O)c2cnc(NC(=O)[C@@H]3CCCN3)nc21. The molecule has 3 heterocycles. The van der Waals surface area contributed by atoms with Crippen molar-refractivity contribution in [3.63, 3.8) is 0 Å². The van der Waals surface area contributed by atoms with Crippen molar-refractivity contribution in [1.29, 1.82) is 0 Å². The van der Waals surface area contributed by atoms with E-state index < -0.39 is 5.91 Å². The number of phenols is 1. The number of nitrogen functional groups attached to an aromatic ring is 1. The Morgan fingerprint density at radius 3 is 2.77 bits per heavy atom. The molecule has 1 atom stereocenters. The van der Waals surface area contributed by atoms with Crippen LogP contribution >= 0.6 is 0 Å². The topological polar surface area (TPSA) is 161 Å². The summed E-state index contributed by atoms with van der Waals surface area (Å²) in [7, 11) is 0. The zero-order valence-corrected chi connectivity index (χ0v) is 16.7. The van der Waals surface area contributed by atoms with Crippen LogP contribution in [0.5, 0.6) is 5.75 Å². The minimum atomic E-state index is -0.720. The molecule has 7 N–H and O–H groups in total. The molecule has 4 rings (SSSR count). The Morgan fingerprint density at radius 2 is 2.10 bits per heavy atom. The van der Waals surface area contributed by atoms with Gasteiger partial charge in [0.25, 0.3) is 5.91 Å². The summed E-state index contributed by atoms with van der Waals surface area (Å²) in [5.74, 6) is -0.691. The number of rotatable bonds is 4. The molecule has 0 radical (unpaired) electrons. The Hall–Kier alpha value is -3.66. The largest absolute Gasteiger partial charge is 0.508 e. The van der Waals surface area contributed by atoms with E-state index in [1.165, 1.54) is 6.20 Å². The molecule has 2 amide bonds. The maximum Gasteiger partial charge on any atom is 0.253 e. The van der Waals surface area contributed by atoms with Gasteiger partial charge in [0.1, 0.15) is 11.6 Å². The molecule has 0 bridgehead atoms. The van der Waals surface area contributed by atoms with E-state index in [0.717, 1.165) is 24.9 Å². The summed E-state index contributed by atoms with van der Waals surface area (Å²) in [5, 5.41) is 16.4. The van der Waals surface area contributed by atoms with Crippen molar-refractivity contribution in [2.75, 3.05) is 17.6 Å². The lowest BCUT2D eigenvalue weighted by Crippen LogP contribution is -2.36. The lowest BCUT2D eigenvalue weighted by Gasteiger charge is -2.15. The molecule has 10 nitrogen and oxygen atoms in total. The average Bonchev–Trinajstić information content (AvgIpc) is 3.32. The van der Waals surface area contributed by atoms with Crippen LogP contribution in [0.4, 0.5) is 11.8 Å². The second-order valence-electron chi connectivity index (χ2n) is 7.40. The Morgan fingerprint density at radius 1 is 1.33 bits per heavy atom. The molecule has 1 fully saturated rings.